The summed E-state index contributed by atoms with van der Waals surface area (Å²) >= 11 is 1.64. The van der Waals surface area contributed by atoms with Gasteiger partial charge in [0.1, 0.15) is 11.9 Å². The van der Waals surface area contributed by atoms with Crippen LogP contribution in [0, 0.1) is 0 Å². The minimum atomic E-state index is -1.15. The summed E-state index contributed by atoms with van der Waals surface area (Å²) < 4.78 is 5.08. The third kappa shape index (κ3) is 7.35. The molecule has 1 aromatic rings. The summed E-state index contributed by atoms with van der Waals surface area (Å²) in [5.41, 5.74) is 6.88. The van der Waals surface area contributed by atoms with Crippen LogP contribution in [0.1, 0.15) is 12.0 Å². The minimum absolute atomic E-state index is 0. The van der Waals surface area contributed by atoms with E-state index in [4.69, 9.17) is 10.5 Å². The molecule has 1 aromatic carbocycles. The van der Waals surface area contributed by atoms with E-state index >= 15 is 0 Å². The second kappa shape index (κ2) is 11.6. The normalized spacial score (nSPS) is 12.9. The number of thioether (sulfide) groups is 1. The molecular formula is C15H25ClN2O3S. The Kier molecular flexibility index (Phi) is 11.1. The molecular weight excluding hydrogens is 324 g/mol. The van der Waals surface area contributed by atoms with Crippen molar-refractivity contribution in [3.63, 3.8) is 0 Å². The van der Waals surface area contributed by atoms with E-state index in [9.17, 15) is 9.90 Å². The highest BCUT2D eigenvalue weighted by atomic mass is 35.5. The first-order chi connectivity index (χ1) is 10.1. The zero-order valence-corrected chi connectivity index (χ0v) is 14.6. The predicted molar refractivity (Wildman–Crippen MR) is 93.9 cm³/mol. The van der Waals surface area contributed by atoms with Crippen LogP contribution in [0.2, 0.25) is 0 Å². The Morgan fingerprint density at radius 2 is 2.05 bits per heavy atom. The van der Waals surface area contributed by atoms with Gasteiger partial charge in [-0.05, 0) is 42.5 Å². The van der Waals surface area contributed by atoms with E-state index in [1.807, 2.05) is 30.5 Å². The molecule has 0 fully saturated rings. The third-order valence-electron chi connectivity index (χ3n) is 3.20. The number of methoxy groups -OCH3 is 1. The average molecular weight is 349 g/mol. The first-order valence-corrected chi connectivity index (χ1v) is 8.31. The molecule has 0 spiro atoms. The number of rotatable bonds is 9. The summed E-state index contributed by atoms with van der Waals surface area (Å²) in [6, 6.07) is 7.14. The van der Waals surface area contributed by atoms with Gasteiger partial charge in [0.25, 0.3) is 0 Å². The van der Waals surface area contributed by atoms with Gasteiger partial charge in [0.2, 0.25) is 5.91 Å². The van der Waals surface area contributed by atoms with Crippen molar-refractivity contribution in [2.45, 2.75) is 25.0 Å². The maximum absolute atomic E-state index is 11.8. The van der Waals surface area contributed by atoms with E-state index < -0.39 is 18.1 Å². The predicted octanol–water partition coefficient (Wildman–Crippen LogP) is 1.22. The summed E-state index contributed by atoms with van der Waals surface area (Å²) in [4.78, 5) is 11.8. The molecule has 0 heterocycles. The topological polar surface area (TPSA) is 84.6 Å². The van der Waals surface area contributed by atoms with Crippen molar-refractivity contribution in [2.24, 2.45) is 5.73 Å². The zero-order valence-electron chi connectivity index (χ0n) is 13.0. The summed E-state index contributed by atoms with van der Waals surface area (Å²) in [6.07, 6.45) is 2.14. The standard InChI is InChI=1S/C15H24N2O3S.ClH/c1-20-12-5-3-11(4-6-12)7-9-17-15(19)14(18)13(16)8-10-21-2;/h3-6,13-14,18H,7-10,16H2,1-2H3,(H,17,19);1H. The number of aliphatic hydroxyl groups is 1. The lowest BCUT2D eigenvalue weighted by Gasteiger charge is -2.18. The van der Waals surface area contributed by atoms with Crippen molar-refractivity contribution < 1.29 is 14.6 Å². The van der Waals surface area contributed by atoms with Crippen molar-refractivity contribution in [1.29, 1.82) is 0 Å². The molecule has 0 aliphatic rings. The molecule has 0 aromatic heterocycles. The van der Waals surface area contributed by atoms with Crippen LogP contribution in [0.3, 0.4) is 0 Å². The van der Waals surface area contributed by atoms with Crippen LogP contribution in [0.5, 0.6) is 5.75 Å². The van der Waals surface area contributed by atoms with Crippen molar-refractivity contribution in [3.05, 3.63) is 29.8 Å². The molecule has 2 unspecified atom stereocenters. The number of nitrogens with two attached hydrogens (primary N) is 1. The summed E-state index contributed by atoms with van der Waals surface area (Å²) in [5, 5.41) is 12.5. The van der Waals surface area contributed by atoms with Crippen LogP contribution in [-0.2, 0) is 11.2 Å². The molecule has 126 valence electrons. The highest BCUT2D eigenvalue weighted by Gasteiger charge is 2.21. The van der Waals surface area contributed by atoms with Gasteiger partial charge in [0, 0.05) is 12.6 Å². The monoisotopic (exact) mass is 348 g/mol. The molecule has 1 rings (SSSR count). The largest absolute Gasteiger partial charge is 0.497 e. The molecule has 0 saturated heterocycles. The van der Waals surface area contributed by atoms with E-state index in [1.165, 1.54) is 0 Å². The van der Waals surface area contributed by atoms with E-state index in [0.29, 0.717) is 19.4 Å². The van der Waals surface area contributed by atoms with Crippen LogP contribution in [0.15, 0.2) is 24.3 Å². The Morgan fingerprint density at radius 3 is 2.59 bits per heavy atom. The molecule has 0 aliphatic heterocycles. The SMILES string of the molecule is COc1ccc(CCNC(=O)C(O)C(N)CCSC)cc1.Cl. The number of carbonyl (C=O) groups is 1. The fraction of sp³-hybridized carbons (Fsp3) is 0.533. The zero-order chi connectivity index (χ0) is 15.7. The second-order valence-corrected chi connectivity index (χ2v) is 5.76. The number of benzene rings is 1. The fourth-order valence-electron chi connectivity index (χ4n) is 1.83. The average Bonchev–Trinajstić information content (AvgIpc) is 2.52. The number of halogens is 1. The smallest absolute Gasteiger partial charge is 0.250 e. The van der Waals surface area contributed by atoms with Crippen LogP contribution < -0.4 is 15.8 Å². The molecule has 4 N–H and O–H groups in total. The van der Waals surface area contributed by atoms with Crippen LogP contribution >= 0.6 is 24.2 Å². The van der Waals surface area contributed by atoms with Crippen molar-refractivity contribution in [1.82, 2.24) is 5.32 Å². The van der Waals surface area contributed by atoms with E-state index in [1.54, 1.807) is 18.9 Å². The fourth-order valence-corrected chi connectivity index (χ4v) is 2.34. The Balaban J connectivity index is 0.00000441. The van der Waals surface area contributed by atoms with Gasteiger partial charge in [0.05, 0.1) is 7.11 Å². The number of amides is 1. The number of aliphatic hydroxyl groups excluding tert-OH is 1. The van der Waals surface area contributed by atoms with Gasteiger partial charge in [-0.2, -0.15) is 11.8 Å². The van der Waals surface area contributed by atoms with Gasteiger partial charge in [-0.25, -0.2) is 0 Å². The maximum atomic E-state index is 11.8. The van der Waals surface area contributed by atoms with Crippen LogP contribution in [-0.4, -0.2) is 48.8 Å². The van der Waals surface area contributed by atoms with E-state index in [0.717, 1.165) is 17.1 Å². The van der Waals surface area contributed by atoms with Gasteiger partial charge < -0.3 is 20.9 Å². The van der Waals surface area contributed by atoms with Gasteiger partial charge in [0.15, 0.2) is 0 Å². The molecule has 0 radical (unpaired) electrons. The molecule has 0 aliphatic carbocycles. The summed E-state index contributed by atoms with van der Waals surface area (Å²) in [7, 11) is 1.62. The van der Waals surface area contributed by atoms with E-state index in [-0.39, 0.29) is 12.4 Å². The molecule has 2 atom stereocenters. The number of hydrogen-bond acceptors (Lipinski definition) is 5. The number of nitrogens with one attached hydrogen (secondary N) is 1. The van der Waals surface area contributed by atoms with Gasteiger partial charge in [-0.3, -0.25) is 4.79 Å². The van der Waals surface area contributed by atoms with Crippen molar-refractivity contribution in [3.8, 4) is 5.75 Å². The van der Waals surface area contributed by atoms with Crippen molar-refractivity contribution >= 4 is 30.1 Å². The van der Waals surface area contributed by atoms with Crippen molar-refractivity contribution in [2.75, 3.05) is 25.7 Å². The first kappa shape index (κ1) is 21.0. The van der Waals surface area contributed by atoms with Gasteiger partial charge in [-0.15, -0.1) is 12.4 Å². The molecule has 1 amide bonds. The quantitative estimate of drug-likeness (QED) is 0.625. The lowest BCUT2D eigenvalue weighted by atomic mass is 10.1. The third-order valence-corrected chi connectivity index (χ3v) is 3.85. The number of ether oxygens (including phenoxy) is 1. The number of carbonyl (C=O) groups excluding carboxylic acids is 1. The van der Waals surface area contributed by atoms with Crippen LogP contribution in [0.25, 0.3) is 0 Å². The van der Waals surface area contributed by atoms with Crippen LogP contribution in [0.4, 0.5) is 0 Å². The highest BCUT2D eigenvalue weighted by Crippen LogP contribution is 2.11. The molecule has 5 nitrogen and oxygen atoms in total. The first-order valence-electron chi connectivity index (χ1n) is 6.91. The van der Waals surface area contributed by atoms with Gasteiger partial charge >= 0.3 is 0 Å². The minimum Gasteiger partial charge on any atom is -0.497 e. The number of hydrogen-bond donors (Lipinski definition) is 3. The van der Waals surface area contributed by atoms with E-state index in [2.05, 4.69) is 5.32 Å². The lowest BCUT2D eigenvalue weighted by Crippen LogP contribution is -2.47. The summed E-state index contributed by atoms with van der Waals surface area (Å²) in [5.74, 6) is 1.23. The van der Waals surface area contributed by atoms with Gasteiger partial charge in [-0.1, -0.05) is 12.1 Å². The maximum Gasteiger partial charge on any atom is 0.250 e. The Morgan fingerprint density at radius 1 is 1.41 bits per heavy atom. The Labute approximate surface area is 142 Å². The molecule has 0 saturated carbocycles. The highest BCUT2D eigenvalue weighted by molar-refractivity contribution is 7.98. The second-order valence-electron chi connectivity index (χ2n) is 4.78. The lowest BCUT2D eigenvalue weighted by molar-refractivity contribution is -0.130. The molecule has 7 heteroatoms. The Hall–Kier alpha value is -0.950. The molecule has 0 bridgehead atoms. The Bertz CT molecular complexity index is 431. The summed E-state index contributed by atoms with van der Waals surface area (Å²) in [6.45, 7) is 0.470. The molecule has 22 heavy (non-hydrogen) atoms.